The zero-order valence-corrected chi connectivity index (χ0v) is 11.0. The van der Waals surface area contributed by atoms with Crippen molar-refractivity contribution >= 4 is 34.0 Å². The number of aromatic nitrogens is 2. The van der Waals surface area contributed by atoms with Gasteiger partial charge in [0.05, 0.1) is 18.1 Å². The van der Waals surface area contributed by atoms with Crippen molar-refractivity contribution in [1.82, 2.24) is 9.38 Å². The molecule has 17 heavy (non-hydrogen) atoms. The Morgan fingerprint density at radius 2 is 2.53 bits per heavy atom. The van der Waals surface area contributed by atoms with E-state index in [1.807, 2.05) is 16.0 Å². The molecule has 5 nitrogen and oxygen atoms in total. The van der Waals surface area contributed by atoms with Crippen molar-refractivity contribution in [2.24, 2.45) is 5.73 Å². The molecule has 0 aliphatic rings. The normalized spacial score (nSPS) is 10.9. The molecule has 2 rings (SSSR count). The van der Waals surface area contributed by atoms with Gasteiger partial charge >= 0.3 is 5.97 Å². The van der Waals surface area contributed by atoms with Crippen LogP contribution in [0.4, 0.5) is 0 Å². The first-order valence-electron chi connectivity index (χ1n) is 5.19. The Labute approximate surface area is 107 Å². The van der Waals surface area contributed by atoms with Gasteiger partial charge in [-0.1, -0.05) is 11.8 Å². The maximum Gasteiger partial charge on any atom is 0.316 e. The third kappa shape index (κ3) is 2.62. The second-order valence-electron chi connectivity index (χ2n) is 3.22. The lowest BCUT2D eigenvalue weighted by atomic mass is 10.5. The van der Waals surface area contributed by atoms with Crippen LogP contribution in [0.15, 0.2) is 16.6 Å². The number of carbonyl (C=O) groups excluding carboxylic acids is 1. The summed E-state index contributed by atoms with van der Waals surface area (Å²) in [5, 5.41) is 2.77. The van der Waals surface area contributed by atoms with Crippen molar-refractivity contribution in [2.75, 3.05) is 12.4 Å². The topological polar surface area (TPSA) is 69.6 Å². The predicted octanol–water partition coefficient (Wildman–Crippen LogP) is 1.51. The number of nitrogens with two attached hydrogens (primary N) is 1. The van der Waals surface area contributed by atoms with E-state index in [4.69, 9.17) is 10.5 Å². The molecule has 0 spiro atoms. The minimum absolute atomic E-state index is 0.225. The molecule has 0 unspecified atom stereocenters. The van der Waals surface area contributed by atoms with Gasteiger partial charge in [0.25, 0.3) is 0 Å². The first-order valence-corrected chi connectivity index (χ1v) is 7.05. The maximum atomic E-state index is 11.3. The molecular formula is C10H13N3O2S2. The van der Waals surface area contributed by atoms with Gasteiger partial charge in [-0.25, -0.2) is 4.98 Å². The molecule has 92 valence electrons. The highest BCUT2D eigenvalue weighted by Gasteiger charge is 2.13. The van der Waals surface area contributed by atoms with Crippen LogP contribution in [0.25, 0.3) is 4.96 Å². The lowest BCUT2D eigenvalue weighted by Crippen LogP contribution is -2.07. The molecule has 2 aromatic heterocycles. The monoisotopic (exact) mass is 271 g/mol. The van der Waals surface area contributed by atoms with Crippen molar-refractivity contribution in [3.05, 3.63) is 17.3 Å². The zero-order valence-electron chi connectivity index (χ0n) is 9.38. The third-order valence-electron chi connectivity index (χ3n) is 2.15. The first kappa shape index (κ1) is 12.4. The standard InChI is InChI=1S/C10H13N3O2S2/c1-2-15-8(14)6-17-9-7(5-11)13-3-4-16-10(13)12-9/h3-4H,2,5-6,11H2,1H3. The van der Waals surface area contributed by atoms with Crippen LogP contribution in [0.5, 0.6) is 0 Å². The number of rotatable bonds is 5. The van der Waals surface area contributed by atoms with E-state index in [2.05, 4.69) is 4.98 Å². The summed E-state index contributed by atoms with van der Waals surface area (Å²) in [7, 11) is 0. The Bertz CT molecular complexity index is 521. The summed E-state index contributed by atoms with van der Waals surface area (Å²) in [6.45, 7) is 2.60. The van der Waals surface area contributed by atoms with E-state index in [0.717, 1.165) is 15.7 Å². The molecule has 2 aromatic rings. The number of thiazole rings is 1. The van der Waals surface area contributed by atoms with Crippen LogP contribution < -0.4 is 5.73 Å². The number of thioether (sulfide) groups is 1. The van der Waals surface area contributed by atoms with Gasteiger partial charge in [0.2, 0.25) is 0 Å². The first-order chi connectivity index (χ1) is 8.26. The van der Waals surface area contributed by atoms with Crippen molar-refractivity contribution in [3.8, 4) is 0 Å². The van der Waals surface area contributed by atoms with Gasteiger partial charge in [0, 0.05) is 18.1 Å². The molecule has 0 radical (unpaired) electrons. The van der Waals surface area contributed by atoms with Crippen molar-refractivity contribution in [1.29, 1.82) is 0 Å². The number of carbonyl (C=O) groups is 1. The molecule has 0 fully saturated rings. The van der Waals surface area contributed by atoms with Gasteiger partial charge in [0.15, 0.2) is 4.96 Å². The molecule has 0 amide bonds. The fourth-order valence-electron chi connectivity index (χ4n) is 1.44. The third-order valence-corrected chi connectivity index (χ3v) is 3.89. The summed E-state index contributed by atoms with van der Waals surface area (Å²) >= 11 is 2.92. The van der Waals surface area contributed by atoms with E-state index in [0.29, 0.717) is 13.2 Å². The van der Waals surface area contributed by atoms with E-state index >= 15 is 0 Å². The Kier molecular flexibility index (Phi) is 4.03. The summed E-state index contributed by atoms with van der Waals surface area (Å²) < 4.78 is 6.83. The van der Waals surface area contributed by atoms with Gasteiger partial charge in [-0.15, -0.1) is 11.3 Å². The second kappa shape index (κ2) is 5.52. The van der Waals surface area contributed by atoms with Crippen molar-refractivity contribution < 1.29 is 9.53 Å². The molecule has 0 aliphatic heterocycles. The number of fused-ring (bicyclic) bond motifs is 1. The average molecular weight is 271 g/mol. The Balaban J connectivity index is 2.12. The van der Waals surface area contributed by atoms with E-state index in [1.165, 1.54) is 11.8 Å². The Morgan fingerprint density at radius 3 is 3.24 bits per heavy atom. The molecule has 2 N–H and O–H groups in total. The Hall–Kier alpha value is -1.05. The lowest BCUT2D eigenvalue weighted by molar-refractivity contribution is -0.139. The maximum absolute atomic E-state index is 11.3. The summed E-state index contributed by atoms with van der Waals surface area (Å²) in [5.74, 6) is 0.0444. The highest BCUT2D eigenvalue weighted by molar-refractivity contribution is 7.99. The van der Waals surface area contributed by atoms with Gasteiger partial charge in [-0.05, 0) is 6.92 Å². The lowest BCUT2D eigenvalue weighted by Gasteiger charge is -2.01. The quantitative estimate of drug-likeness (QED) is 0.659. The van der Waals surface area contributed by atoms with Crippen LogP contribution in [0.1, 0.15) is 12.6 Å². The minimum Gasteiger partial charge on any atom is -0.465 e. The van der Waals surface area contributed by atoms with Gasteiger partial charge < -0.3 is 10.5 Å². The van der Waals surface area contributed by atoms with Crippen LogP contribution in [-0.2, 0) is 16.1 Å². The highest BCUT2D eigenvalue weighted by atomic mass is 32.2. The Morgan fingerprint density at radius 1 is 1.71 bits per heavy atom. The minimum atomic E-state index is -0.225. The summed E-state index contributed by atoms with van der Waals surface area (Å²) in [6, 6.07) is 0. The molecular weight excluding hydrogens is 258 g/mol. The molecule has 0 aromatic carbocycles. The van der Waals surface area contributed by atoms with Crippen LogP contribution in [0, 0.1) is 0 Å². The number of hydrogen-bond donors (Lipinski definition) is 1. The molecule has 0 saturated carbocycles. The van der Waals surface area contributed by atoms with E-state index in [9.17, 15) is 4.79 Å². The number of esters is 1. The summed E-state index contributed by atoms with van der Waals surface area (Å²) in [4.78, 5) is 16.6. The fraction of sp³-hybridized carbons (Fsp3) is 0.400. The van der Waals surface area contributed by atoms with E-state index in [1.54, 1.807) is 18.3 Å². The predicted molar refractivity (Wildman–Crippen MR) is 68.3 cm³/mol. The van der Waals surface area contributed by atoms with Gasteiger partial charge in [-0.2, -0.15) is 0 Å². The fourth-order valence-corrected chi connectivity index (χ4v) is 3.07. The number of nitrogens with zero attached hydrogens (tertiary/aromatic N) is 2. The number of ether oxygens (including phenoxy) is 1. The smallest absolute Gasteiger partial charge is 0.316 e. The summed E-state index contributed by atoms with van der Waals surface area (Å²) in [5.41, 5.74) is 6.64. The van der Waals surface area contributed by atoms with E-state index < -0.39 is 0 Å². The van der Waals surface area contributed by atoms with Crippen molar-refractivity contribution in [3.63, 3.8) is 0 Å². The van der Waals surface area contributed by atoms with Crippen LogP contribution in [0.3, 0.4) is 0 Å². The second-order valence-corrected chi connectivity index (χ2v) is 5.05. The van der Waals surface area contributed by atoms with Crippen LogP contribution in [0.2, 0.25) is 0 Å². The molecule has 0 bridgehead atoms. The number of imidazole rings is 1. The van der Waals surface area contributed by atoms with E-state index in [-0.39, 0.29) is 11.7 Å². The molecule has 0 aliphatic carbocycles. The number of hydrogen-bond acceptors (Lipinski definition) is 6. The van der Waals surface area contributed by atoms with Gasteiger partial charge in [-0.3, -0.25) is 9.20 Å². The largest absolute Gasteiger partial charge is 0.465 e. The van der Waals surface area contributed by atoms with Gasteiger partial charge in [0.1, 0.15) is 5.03 Å². The molecule has 7 heteroatoms. The van der Waals surface area contributed by atoms with Crippen LogP contribution in [-0.4, -0.2) is 27.7 Å². The average Bonchev–Trinajstić information content (AvgIpc) is 2.86. The zero-order chi connectivity index (χ0) is 12.3. The van der Waals surface area contributed by atoms with Crippen LogP contribution >= 0.6 is 23.1 Å². The molecule has 0 atom stereocenters. The molecule has 2 heterocycles. The highest BCUT2D eigenvalue weighted by Crippen LogP contribution is 2.25. The van der Waals surface area contributed by atoms with Crippen molar-refractivity contribution in [2.45, 2.75) is 18.5 Å². The SMILES string of the molecule is CCOC(=O)CSc1nc2sccn2c1CN. The summed E-state index contributed by atoms with van der Waals surface area (Å²) in [6.07, 6.45) is 1.93. The molecule has 0 saturated heterocycles.